The van der Waals surface area contributed by atoms with E-state index >= 15 is 0 Å². The second kappa shape index (κ2) is 9.20. The first kappa shape index (κ1) is 23.3. The molecule has 3 aromatic carbocycles. The van der Waals surface area contributed by atoms with Crippen molar-refractivity contribution in [2.75, 3.05) is 0 Å². The molecule has 0 saturated carbocycles. The average molecular weight is 466 g/mol. The van der Waals surface area contributed by atoms with Crippen molar-refractivity contribution in [3.05, 3.63) is 99.9 Å². The van der Waals surface area contributed by atoms with E-state index in [1.54, 1.807) is 32.0 Å². The molecular weight excluding hydrogens is 437 g/mol. The van der Waals surface area contributed by atoms with E-state index in [-0.39, 0.29) is 35.9 Å². The number of fused-ring (bicyclic) bond motifs is 1. The van der Waals surface area contributed by atoms with Crippen molar-refractivity contribution < 1.29 is 17.6 Å². The molecule has 0 bridgehead atoms. The molecule has 1 unspecified atom stereocenters. The van der Waals surface area contributed by atoms with Gasteiger partial charge in [-0.1, -0.05) is 60.2 Å². The Balaban J connectivity index is 1.71. The Hall–Kier alpha value is -2.83. The van der Waals surface area contributed by atoms with Crippen molar-refractivity contribution in [3.63, 3.8) is 0 Å². The number of aryl methyl sites for hydroxylation is 4. The summed E-state index contributed by atoms with van der Waals surface area (Å²) in [4.78, 5) is 13.6. The molecule has 1 atom stereocenters. The summed E-state index contributed by atoms with van der Waals surface area (Å²) in [6, 6.07) is 16.9. The molecule has 1 aliphatic heterocycles. The molecule has 3 aromatic rings. The topological polar surface area (TPSA) is 54.5 Å². The normalized spacial score (nSPS) is 16.4. The Morgan fingerprint density at radius 1 is 0.970 bits per heavy atom. The lowest BCUT2D eigenvalue weighted by molar-refractivity contribution is -0.123. The third-order valence-corrected chi connectivity index (χ3v) is 8.51. The van der Waals surface area contributed by atoms with Gasteiger partial charge < -0.3 is 0 Å². The molecule has 0 amide bonds. The van der Waals surface area contributed by atoms with Crippen molar-refractivity contribution >= 4 is 15.8 Å². The molecule has 6 heteroatoms. The van der Waals surface area contributed by atoms with Gasteiger partial charge in [0.15, 0.2) is 5.78 Å². The van der Waals surface area contributed by atoms with Crippen LogP contribution < -0.4 is 0 Å². The quantitative estimate of drug-likeness (QED) is 0.511. The maximum absolute atomic E-state index is 14.1. The van der Waals surface area contributed by atoms with E-state index in [0.29, 0.717) is 23.1 Å². The molecule has 4 nitrogen and oxygen atoms in total. The molecule has 0 fully saturated rings. The van der Waals surface area contributed by atoms with E-state index in [0.717, 1.165) is 16.7 Å². The minimum absolute atomic E-state index is 0.0750. The van der Waals surface area contributed by atoms with Gasteiger partial charge in [0, 0.05) is 13.0 Å². The maximum Gasteiger partial charge on any atom is 0.244 e. The van der Waals surface area contributed by atoms with Gasteiger partial charge in [0.2, 0.25) is 10.0 Å². The van der Waals surface area contributed by atoms with Crippen molar-refractivity contribution in [2.45, 2.75) is 57.5 Å². The van der Waals surface area contributed by atoms with Crippen LogP contribution in [0.3, 0.4) is 0 Å². The summed E-state index contributed by atoms with van der Waals surface area (Å²) < 4.78 is 43.2. The van der Waals surface area contributed by atoms with Gasteiger partial charge in [-0.3, -0.25) is 4.79 Å². The number of carbonyl (C=O) groups is 1. The minimum atomic E-state index is -3.93. The zero-order valence-corrected chi connectivity index (χ0v) is 20.0. The molecule has 0 aromatic heterocycles. The molecule has 33 heavy (non-hydrogen) atoms. The zero-order chi connectivity index (χ0) is 23.8. The summed E-state index contributed by atoms with van der Waals surface area (Å²) in [5.41, 5.74) is 4.67. The largest absolute Gasteiger partial charge is 0.298 e. The molecule has 0 aliphatic carbocycles. The van der Waals surface area contributed by atoms with Crippen molar-refractivity contribution in [3.8, 4) is 0 Å². The number of sulfonamides is 1. The highest BCUT2D eigenvalue weighted by Crippen LogP contribution is 2.33. The third-order valence-electron chi connectivity index (χ3n) is 6.35. The van der Waals surface area contributed by atoms with Crippen LogP contribution in [0.5, 0.6) is 0 Å². The number of Topliss-reactive ketones (excluding diaryl/α,β-unsaturated/α-hetero) is 1. The summed E-state index contributed by atoms with van der Waals surface area (Å²) in [5.74, 6) is -0.548. The van der Waals surface area contributed by atoms with Gasteiger partial charge in [-0.2, -0.15) is 4.31 Å². The summed E-state index contributed by atoms with van der Waals surface area (Å²) in [6.07, 6.45) is 0.626. The minimum Gasteiger partial charge on any atom is -0.298 e. The molecule has 0 spiro atoms. The lowest BCUT2D eigenvalue weighted by atomic mass is 9.91. The van der Waals surface area contributed by atoms with Crippen LogP contribution in [0.15, 0.2) is 65.6 Å². The summed E-state index contributed by atoms with van der Waals surface area (Å²) in [7, 11) is -3.93. The molecule has 4 rings (SSSR count). The zero-order valence-electron chi connectivity index (χ0n) is 19.1. The lowest BCUT2D eigenvalue weighted by Crippen LogP contribution is -2.48. The SMILES string of the molecule is Cc1cc(C)c(S(=O)(=O)N2Cc3ccccc3CC2C(=O)CCc2ccccc2F)c(C)c1. The highest BCUT2D eigenvalue weighted by Gasteiger charge is 2.40. The Bertz CT molecular complexity index is 1290. The monoisotopic (exact) mass is 465 g/mol. The summed E-state index contributed by atoms with van der Waals surface area (Å²) in [6.45, 7) is 5.66. The van der Waals surface area contributed by atoms with Gasteiger partial charge in [-0.25, -0.2) is 12.8 Å². The fourth-order valence-electron chi connectivity index (χ4n) is 4.84. The number of nitrogens with zero attached hydrogens (tertiary/aromatic N) is 1. The van der Waals surface area contributed by atoms with E-state index in [1.807, 2.05) is 43.3 Å². The lowest BCUT2D eigenvalue weighted by Gasteiger charge is -2.36. The molecule has 0 N–H and O–H groups in total. The number of rotatable bonds is 6. The summed E-state index contributed by atoms with van der Waals surface area (Å²) >= 11 is 0. The van der Waals surface area contributed by atoms with E-state index in [4.69, 9.17) is 0 Å². The Morgan fingerprint density at radius 3 is 2.24 bits per heavy atom. The second-order valence-corrected chi connectivity index (χ2v) is 10.7. The first-order valence-electron chi connectivity index (χ1n) is 11.1. The Kier molecular flexibility index (Phi) is 6.50. The van der Waals surface area contributed by atoms with Crippen LogP contribution in [-0.2, 0) is 34.2 Å². The fourth-order valence-corrected chi connectivity index (χ4v) is 6.84. The van der Waals surface area contributed by atoms with Crippen LogP contribution in [0.4, 0.5) is 4.39 Å². The van der Waals surface area contributed by atoms with Crippen LogP contribution in [0.1, 0.15) is 39.8 Å². The average Bonchev–Trinajstić information content (AvgIpc) is 2.76. The van der Waals surface area contributed by atoms with Gasteiger partial charge in [0.1, 0.15) is 5.82 Å². The van der Waals surface area contributed by atoms with Gasteiger partial charge in [0.05, 0.1) is 10.9 Å². The molecular formula is C27H28FNO3S. The maximum atomic E-state index is 14.1. The number of ketones is 1. The van der Waals surface area contributed by atoms with Gasteiger partial charge in [-0.15, -0.1) is 0 Å². The number of carbonyl (C=O) groups excluding carboxylic acids is 1. The van der Waals surface area contributed by atoms with E-state index < -0.39 is 16.1 Å². The highest BCUT2D eigenvalue weighted by atomic mass is 32.2. The van der Waals surface area contributed by atoms with E-state index in [1.165, 1.54) is 10.4 Å². The Labute approximate surface area is 195 Å². The van der Waals surface area contributed by atoms with Crippen LogP contribution in [0.25, 0.3) is 0 Å². The second-order valence-electron chi connectivity index (χ2n) is 8.82. The van der Waals surface area contributed by atoms with Crippen LogP contribution >= 0.6 is 0 Å². The molecule has 1 heterocycles. The Morgan fingerprint density at radius 2 is 1.58 bits per heavy atom. The van der Waals surface area contributed by atoms with E-state index in [9.17, 15) is 17.6 Å². The first-order chi connectivity index (χ1) is 15.7. The summed E-state index contributed by atoms with van der Waals surface area (Å²) in [5, 5.41) is 0. The fraction of sp³-hybridized carbons (Fsp3) is 0.296. The number of hydrogen-bond acceptors (Lipinski definition) is 3. The van der Waals surface area contributed by atoms with E-state index in [2.05, 4.69) is 0 Å². The molecule has 1 aliphatic rings. The number of halogens is 1. The number of benzene rings is 3. The smallest absolute Gasteiger partial charge is 0.244 e. The predicted molar refractivity (Wildman–Crippen MR) is 127 cm³/mol. The van der Waals surface area contributed by atoms with Gasteiger partial charge in [-0.05, 0) is 67.5 Å². The van der Waals surface area contributed by atoms with Gasteiger partial charge in [0.25, 0.3) is 0 Å². The predicted octanol–water partition coefficient (Wildman–Crippen LogP) is 5.07. The molecule has 0 radical (unpaired) electrons. The standard InChI is InChI=1S/C27H28FNO3S/c1-18-14-19(2)27(20(3)15-18)33(31,32)29-17-23-10-5-4-9-22(23)16-25(29)26(30)13-12-21-8-6-7-11-24(21)28/h4-11,14-15,25H,12-13,16-17H2,1-3H3. The third kappa shape index (κ3) is 4.63. The van der Waals surface area contributed by atoms with Gasteiger partial charge >= 0.3 is 0 Å². The van der Waals surface area contributed by atoms with Crippen molar-refractivity contribution in [2.24, 2.45) is 0 Å². The van der Waals surface area contributed by atoms with Crippen LogP contribution in [0, 0.1) is 26.6 Å². The molecule has 172 valence electrons. The highest BCUT2D eigenvalue weighted by molar-refractivity contribution is 7.89. The molecule has 0 saturated heterocycles. The van der Waals surface area contributed by atoms with Crippen LogP contribution in [0.2, 0.25) is 0 Å². The van der Waals surface area contributed by atoms with Crippen LogP contribution in [-0.4, -0.2) is 24.5 Å². The number of hydrogen-bond donors (Lipinski definition) is 0. The van der Waals surface area contributed by atoms with Crippen molar-refractivity contribution in [1.29, 1.82) is 0 Å². The first-order valence-corrected chi connectivity index (χ1v) is 12.5. The van der Waals surface area contributed by atoms with Crippen molar-refractivity contribution in [1.82, 2.24) is 4.31 Å².